The molecule has 1 aliphatic carbocycles. The van der Waals surface area contributed by atoms with E-state index in [1.165, 1.54) is 46.6 Å². The third-order valence-corrected chi connectivity index (χ3v) is 8.46. The van der Waals surface area contributed by atoms with Gasteiger partial charge in [-0.15, -0.1) is 0 Å². The van der Waals surface area contributed by atoms with Crippen molar-refractivity contribution in [1.29, 1.82) is 0 Å². The van der Waals surface area contributed by atoms with Gasteiger partial charge in [-0.2, -0.15) is 9.61 Å². The fraction of sp³-hybridized carbons (Fsp3) is 0.294. The van der Waals surface area contributed by atoms with Crippen LogP contribution >= 0.6 is 0 Å². The number of benzene rings is 3. The number of hydrogen-bond acceptors (Lipinski definition) is 4. The highest BCUT2D eigenvalue weighted by molar-refractivity contribution is 5.81. The SMILES string of the molecule is Cc1nn2c(N3CCN(C(c4ccccc4)c4ccccc4)CC3)c3c(nc2c1-c1ccccc1)CCCC3. The van der Waals surface area contributed by atoms with Gasteiger partial charge in [-0.3, -0.25) is 4.90 Å². The standard InChI is InChI=1S/C34H35N5/c1-25-31(26-13-5-2-6-14-26)33-35-30-20-12-11-19-29(30)34(39(33)36-25)38-23-21-37(22-24-38)32(27-15-7-3-8-16-27)28-17-9-4-10-18-28/h2-10,13-18,32H,11-12,19-24H2,1H3. The number of piperazine rings is 1. The van der Waals surface area contributed by atoms with Gasteiger partial charge in [0.1, 0.15) is 5.82 Å². The van der Waals surface area contributed by atoms with Gasteiger partial charge in [-0.1, -0.05) is 91.0 Å². The van der Waals surface area contributed by atoms with Gasteiger partial charge in [0, 0.05) is 43.0 Å². The Bertz CT molecular complexity index is 1530. The van der Waals surface area contributed by atoms with E-state index in [9.17, 15) is 0 Å². The first-order chi connectivity index (χ1) is 19.3. The van der Waals surface area contributed by atoms with Crippen LogP contribution in [0.15, 0.2) is 91.0 Å². The van der Waals surface area contributed by atoms with E-state index in [0.29, 0.717) is 0 Å². The van der Waals surface area contributed by atoms with Gasteiger partial charge >= 0.3 is 0 Å². The largest absolute Gasteiger partial charge is 0.354 e. The summed E-state index contributed by atoms with van der Waals surface area (Å²) in [5.74, 6) is 1.27. The van der Waals surface area contributed by atoms with Gasteiger partial charge < -0.3 is 4.90 Å². The fourth-order valence-electron chi connectivity index (χ4n) is 6.62. The molecule has 0 spiro atoms. The normalized spacial score (nSPS) is 16.1. The number of fused-ring (bicyclic) bond motifs is 2. The molecular formula is C34H35N5. The number of aryl methyl sites for hydroxylation is 2. The van der Waals surface area contributed by atoms with Crippen LogP contribution in [0, 0.1) is 6.92 Å². The van der Waals surface area contributed by atoms with Crippen molar-refractivity contribution in [3.63, 3.8) is 0 Å². The predicted octanol–water partition coefficient (Wildman–Crippen LogP) is 6.50. The lowest BCUT2D eigenvalue weighted by atomic mass is 9.95. The Morgan fingerprint density at radius 3 is 1.92 bits per heavy atom. The van der Waals surface area contributed by atoms with Gasteiger partial charge in [0.2, 0.25) is 0 Å². The van der Waals surface area contributed by atoms with E-state index in [4.69, 9.17) is 10.1 Å². The van der Waals surface area contributed by atoms with Crippen LogP contribution in [0.4, 0.5) is 5.82 Å². The third-order valence-electron chi connectivity index (χ3n) is 8.46. The summed E-state index contributed by atoms with van der Waals surface area (Å²) in [7, 11) is 0. The van der Waals surface area contributed by atoms with Gasteiger partial charge in [-0.25, -0.2) is 4.98 Å². The van der Waals surface area contributed by atoms with E-state index in [1.807, 2.05) is 0 Å². The molecule has 5 nitrogen and oxygen atoms in total. The molecule has 196 valence electrons. The Balaban J connectivity index is 1.26. The van der Waals surface area contributed by atoms with E-state index in [2.05, 4.69) is 112 Å². The smallest absolute Gasteiger partial charge is 0.165 e. The molecule has 7 rings (SSSR count). The number of anilines is 1. The van der Waals surface area contributed by atoms with Crippen LogP contribution in [0.3, 0.4) is 0 Å². The van der Waals surface area contributed by atoms with E-state index >= 15 is 0 Å². The molecule has 0 saturated carbocycles. The van der Waals surface area contributed by atoms with E-state index < -0.39 is 0 Å². The zero-order chi connectivity index (χ0) is 26.2. The number of aromatic nitrogens is 3. The number of hydrogen-bond donors (Lipinski definition) is 0. The summed E-state index contributed by atoms with van der Waals surface area (Å²) in [6, 6.07) is 32.8. The van der Waals surface area contributed by atoms with Gasteiger partial charge in [-0.05, 0) is 49.3 Å². The second-order valence-electron chi connectivity index (χ2n) is 10.9. The molecule has 1 aliphatic heterocycles. The summed E-state index contributed by atoms with van der Waals surface area (Å²) in [6.07, 6.45) is 4.58. The molecule has 2 aliphatic rings. The van der Waals surface area contributed by atoms with Crippen LogP contribution in [-0.2, 0) is 12.8 Å². The quantitative estimate of drug-likeness (QED) is 0.269. The average molecular weight is 514 g/mol. The van der Waals surface area contributed by atoms with E-state index in [-0.39, 0.29) is 6.04 Å². The monoisotopic (exact) mass is 513 g/mol. The van der Waals surface area contributed by atoms with Crippen LogP contribution in [0.5, 0.6) is 0 Å². The predicted molar refractivity (Wildman–Crippen MR) is 158 cm³/mol. The van der Waals surface area contributed by atoms with Crippen LogP contribution in [0.25, 0.3) is 16.8 Å². The van der Waals surface area contributed by atoms with Crippen molar-refractivity contribution < 1.29 is 0 Å². The lowest BCUT2D eigenvalue weighted by Gasteiger charge is -2.41. The summed E-state index contributed by atoms with van der Waals surface area (Å²) in [4.78, 5) is 10.5. The molecular weight excluding hydrogens is 478 g/mol. The highest BCUT2D eigenvalue weighted by Crippen LogP contribution is 2.37. The first-order valence-electron chi connectivity index (χ1n) is 14.3. The topological polar surface area (TPSA) is 36.7 Å². The molecule has 0 atom stereocenters. The maximum Gasteiger partial charge on any atom is 0.165 e. The summed E-state index contributed by atoms with van der Waals surface area (Å²) in [5.41, 5.74) is 9.80. The molecule has 0 N–H and O–H groups in total. The summed E-state index contributed by atoms with van der Waals surface area (Å²) in [5, 5.41) is 5.12. The van der Waals surface area contributed by atoms with Crippen molar-refractivity contribution in [3.05, 3.63) is 119 Å². The van der Waals surface area contributed by atoms with Gasteiger partial charge in [0.15, 0.2) is 5.65 Å². The first kappa shape index (κ1) is 24.1. The molecule has 3 aromatic carbocycles. The zero-order valence-electron chi connectivity index (χ0n) is 22.6. The molecule has 3 heterocycles. The van der Waals surface area contributed by atoms with Gasteiger partial charge in [0.05, 0.1) is 11.7 Å². The summed E-state index contributed by atoms with van der Waals surface area (Å²) >= 11 is 0. The van der Waals surface area contributed by atoms with Crippen molar-refractivity contribution in [2.24, 2.45) is 0 Å². The van der Waals surface area contributed by atoms with Crippen LogP contribution in [0.1, 0.15) is 47.0 Å². The van der Waals surface area contributed by atoms with Crippen LogP contribution in [0.2, 0.25) is 0 Å². The zero-order valence-corrected chi connectivity index (χ0v) is 22.6. The minimum absolute atomic E-state index is 0.262. The average Bonchev–Trinajstić information content (AvgIpc) is 3.33. The van der Waals surface area contributed by atoms with Crippen molar-refractivity contribution >= 4 is 11.5 Å². The van der Waals surface area contributed by atoms with Crippen LogP contribution < -0.4 is 4.90 Å². The fourth-order valence-corrected chi connectivity index (χ4v) is 6.62. The first-order valence-corrected chi connectivity index (χ1v) is 14.3. The molecule has 2 aromatic heterocycles. The molecule has 39 heavy (non-hydrogen) atoms. The van der Waals surface area contributed by atoms with E-state index in [0.717, 1.165) is 55.9 Å². The molecule has 0 radical (unpaired) electrons. The molecule has 5 heteroatoms. The highest BCUT2D eigenvalue weighted by Gasteiger charge is 2.31. The minimum Gasteiger partial charge on any atom is -0.354 e. The molecule has 0 unspecified atom stereocenters. The lowest BCUT2D eigenvalue weighted by molar-refractivity contribution is 0.211. The second-order valence-corrected chi connectivity index (χ2v) is 10.9. The Morgan fingerprint density at radius 2 is 1.28 bits per heavy atom. The second kappa shape index (κ2) is 10.3. The van der Waals surface area contributed by atoms with Crippen molar-refractivity contribution in [3.8, 4) is 11.1 Å². The molecule has 0 amide bonds. The van der Waals surface area contributed by atoms with Crippen molar-refractivity contribution in [2.45, 2.75) is 38.6 Å². The molecule has 0 bridgehead atoms. The molecule has 5 aromatic rings. The Labute approximate surface area is 230 Å². The molecule has 1 saturated heterocycles. The Kier molecular flexibility index (Phi) is 6.37. The highest BCUT2D eigenvalue weighted by atomic mass is 15.4. The minimum atomic E-state index is 0.262. The maximum absolute atomic E-state index is 5.25. The van der Waals surface area contributed by atoms with Crippen molar-refractivity contribution in [2.75, 3.05) is 31.1 Å². The molecule has 1 fully saturated rings. The maximum atomic E-state index is 5.25. The lowest BCUT2D eigenvalue weighted by Crippen LogP contribution is -2.49. The Hall–Kier alpha value is -3.96. The van der Waals surface area contributed by atoms with E-state index in [1.54, 1.807) is 0 Å². The third kappa shape index (κ3) is 4.41. The summed E-state index contributed by atoms with van der Waals surface area (Å²) < 4.78 is 2.17. The van der Waals surface area contributed by atoms with Crippen LogP contribution in [-0.4, -0.2) is 45.7 Å². The Morgan fingerprint density at radius 1 is 0.692 bits per heavy atom. The van der Waals surface area contributed by atoms with Gasteiger partial charge in [0.25, 0.3) is 0 Å². The number of nitrogens with zero attached hydrogens (tertiary/aromatic N) is 5. The van der Waals surface area contributed by atoms with Crippen molar-refractivity contribution in [1.82, 2.24) is 19.5 Å². The summed E-state index contributed by atoms with van der Waals surface area (Å²) in [6.45, 7) is 6.07. The number of rotatable bonds is 5.